The number of amides is 1. The van der Waals surface area contributed by atoms with Gasteiger partial charge in [-0.25, -0.2) is 9.97 Å². The summed E-state index contributed by atoms with van der Waals surface area (Å²) in [5, 5.41) is 3.21. The molecule has 0 radical (unpaired) electrons. The van der Waals surface area contributed by atoms with Gasteiger partial charge in [-0.15, -0.1) is 0 Å². The molecule has 0 unspecified atom stereocenters. The van der Waals surface area contributed by atoms with E-state index in [0.717, 1.165) is 10.3 Å². The minimum atomic E-state index is -0.331. The second-order valence-electron chi connectivity index (χ2n) is 5.72. The highest BCUT2D eigenvalue weighted by molar-refractivity contribution is 7.22. The number of hydrogen-bond donors (Lipinski definition) is 1. The van der Waals surface area contributed by atoms with Crippen molar-refractivity contribution in [2.24, 2.45) is 0 Å². The molecule has 0 bridgehead atoms. The molecule has 0 aliphatic rings. The zero-order valence-electron chi connectivity index (χ0n) is 14.4. The first-order valence-electron chi connectivity index (χ1n) is 7.67. The number of benzene rings is 1. The zero-order chi connectivity index (χ0) is 18.1. The number of aryl methyl sites for hydroxylation is 2. The summed E-state index contributed by atoms with van der Waals surface area (Å²) >= 11 is 1.38. The third-order valence-electron chi connectivity index (χ3n) is 4.00. The molecule has 0 saturated carbocycles. The van der Waals surface area contributed by atoms with Crippen LogP contribution in [-0.4, -0.2) is 27.6 Å². The molecule has 2 heterocycles. The average molecular weight is 358 g/mol. The normalized spacial score (nSPS) is 10.9. The first kappa shape index (κ1) is 17.1. The third kappa shape index (κ3) is 3.25. The number of methoxy groups -OCH3 is 1. The highest BCUT2D eigenvalue weighted by Gasteiger charge is 2.14. The minimum Gasteiger partial charge on any atom is -0.494 e. The van der Waals surface area contributed by atoms with E-state index in [-0.39, 0.29) is 18.0 Å². The van der Waals surface area contributed by atoms with Crippen LogP contribution in [0.4, 0.5) is 5.13 Å². The fourth-order valence-electron chi connectivity index (χ4n) is 2.43. The van der Waals surface area contributed by atoms with Crippen LogP contribution in [0.25, 0.3) is 10.2 Å². The summed E-state index contributed by atoms with van der Waals surface area (Å²) in [6, 6.07) is 3.80. The molecule has 2 aromatic heterocycles. The summed E-state index contributed by atoms with van der Waals surface area (Å²) in [5.74, 6) is 0.328. The topological polar surface area (TPSA) is 86.1 Å². The summed E-state index contributed by atoms with van der Waals surface area (Å²) in [6.45, 7) is 5.32. The predicted molar refractivity (Wildman–Crippen MR) is 97.5 cm³/mol. The maximum atomic E-state index is 12.3. The summed E-state index contributed by atoms with van der Waals surface area (Å²) in [6.07, 6.45) is 1.38. The van der Waals surface area contributed by atoms with Crippen molar-refractivity contribution in [3.8, 4) is 5.75 Å². The van der Waals surface area contributed by atoms with Crippen molar-refractivity contribution in [1.29, 1.82) is 0 Å². The molecule has 0 saturated heterocycles. The molecule has 1 amide bonds. The molecule has 1 aromatic carbocycles. The van der Waals surface area contributed by atoms with Crippen LogP contribution in [0.3, 0.4) is 0 Å². The molecule has 7 nitrogen and oxygen atoms in total. The van der Waals surface area contributed by atoms with Gasteiger partial charge in [0.1, 0.15) is 17.8 Å². The summed E-state index contributed by atoms with van der Waals surface area (Å²) in [7, 11) is 1.58. The number of aromatic nitrogens is 3. The largest absolute Gasteiger partial charge is 0.494 e. The van der Waals surface area contributed by atoms with Crippen LogP contribution < -0.4 is 15.6 Å². The fourth-order valence-corrected chi connectivity index (χ4v) is 3.40. The fraction of sp³-hybridized carbons (Fsp3) is 0.294. The van der Waals surface area contributed by atoms with Crippen molar-refractivity contribution in [2.45, 2.75) is 27.3 Å². The van der Waals surface area contributed by atoms with Crippen LogP contribution in [-0.2, 0) is 11.3 Å². The first-order chi connectivity index (χ1) is 11.9. The Labute approximate surface area is 148 Å². The average Bonchev–Trinajstić information content (AvgIpc) is 3.00. The van der Waals surface area contributed by atoms with E-state index in [1.807, 2.05) is 19.1 Å². The quantitative estimate of drug-likeness (QED) is 0.774. The number of thiazole rings is 1. The van der Waals surface area contributed by atoms with Gasteiger partial charge >= 0.3 is 0 Å². The van der Waals surface area contributed by atoms with Crippen molar-refractivity contribution in [3.05, 3.63) is 45.6 Å². The second kappa shape index (κ2) is 6.64. The molecule has 0 spiro atoms. The Morgan fingerprint density at radius 2 is 2.08 bits per heavy atom. The molecule has 8 heteroatoms. The Morgan fingerprint density at radius 1 is 1.32 bits per heavy atom. The molecule has 0 atom stereocenters. The van der Waals surface area contributed by atoms with Crippen LogP contribution in [0.2, 0.25) is 0 Å². The molecule has 130 valence electrons. The number of ether oxygens (including phenoxy) is 1. The summed E-state index contributed by atoms with van der Waals surface area (Å²) in [5.41, 5.74) is 2.76. The van der Waals surface area contributed by atoms with Gasteiger partial charge in [-0.2, -0.15) is 0 Å². The Morgan fingerprint density at radius 3 is 2.80 bits per heavy atom. The van der Waals surface area contributed by atoms with E-state index >= 15 is 0 Å². The van der Waals surface area contributed by atoms with E-state index in [9.17, 15) is 9.59 Å². The molecule has 25 heavy (non-hydrogen) atoms. The van der Waals surface area contributed by atoms with Gasteiger partial charge in [-0.3, -0.25) is 14.2 Å². The van der Waals surface area contributed by atoms with Crippen LogP contribution >= 0.6 is 11.3 Å². The molecule has 1 N–H and O–H groups in total. The van der Waals surface area contributed by atoms with Crippen molar-refractivity contribution in [3.63, 3.8) is 0 Å². The zero-order valence-corrected chi connectivity index (χ0v) is 15.2. The summed E-state index contributed by atoms with van der Waals surface area (Å²) < 4.78 is 7.56. The van der Waals surface area contributed by atoms with E-state index in [1.54, 1.807) is 21.0 Å². The second-order valence-corrected chi connectivity index (χ2v) is 6.72. The van der Waals surface area contributed by atoms with Gasteiger partial charge in [0, 0.05) is 11.3 Å². The van der Waals surface area contributed by atoms with Crippen molar-refractivity contribution in [1.82, 2.24) is 14.5 Å². The van der Waals surface area contributed by atoms with Crippen molar-refractivity contribution >= 4 is 32.6 Å². The number of nitrogens with zero attached hydrogens (tertiary/aromatic N) is 3. The highest BCUT2D eigenvalue weighted by Crippen LogP contribution is 2.34. The third-order valence-corrected chi connectivity index (χ3v) is 5.10. The number of nitrogens with one attached hydrogen (secondary N) is 1. The molecule has 0 fully saturated rings. The highest BCUT2D eigenvalue weighted by atomic mass is 32.1. The Bertz CT molecular complexity index is 1020. The standard InChI is InChI=1S/C17H18N4O3S/c1-9-5-6-12(24-4)14-15(9)25-17(20-14)19-13(22)7-21-8-18-11(3)10(2)16(21)23/h5-6,8H,7H2,1-4H3,(H,19,20,22). The molecule has 3 aromatic rings. The van der Waals surface area contributed by atoms with Gasteiger partial charge in [0.15, 0.2) is 5.13 Å². The van der Waals surface area contributed by atoms with Crippen molar-refractivity contribution < 1.29 is 9.53 Å². The lowest BCUT2D eigenvalue weighted by atomic mass is 10.2. The molecular formula is C17H18N4O3S. The Balaban J connectivity index is 1.84. The molecular weight excluding hydrogens is 340 g/mol. The predicted octanol–water partition coefficient (Wildman–Crippen LogP) is 2.43. The van der Waals surface area contributed by atoms with Crippen LogP contribution in [0.15, 0.2) is 23.3 Å². The minimum absolute atomic E-state index is 0.112. The van der Waals surface area contributed by atoms with Crippen LogP contribution in [0.5, 0.6) is 5.75 Å². The smallest absolute Gasteiger partial charge is 0.256 e. The van der Waals surface area contributed by atoms with E-state index < -0.39 is 0 Å². The molecule has 0 aliphatic carbocycles. The number of fused-ring (bicyclic) bond motifs is 1. The monoisotopic (exact) mass is 358 g/mol. The van der Waals surface area contributed by atoms with Gasteiger partial charge in [0.25, 0.3) is 5.56 Å². The number of rotatable bonds is 4. The van der Waals surface area contributed by atoms with E-state index in [1.165, 1.54) is 22.2 Å². The summed E-state index contributed by atoms with van der Waals surface area (Å²) in [4.78, 5) is 33.0. The van der Waals surface area contributed by atoms with E-state index in [4.69, 9.17) is 4.74 Å². The van der Waals surface area contributed by atoms with E-state index in [2.05, 4.69) is 15.3 Å². The first-order valence-corrected chi connectivity index (χ1v) is 8.49. The molecule has 0 aliphatic heterocycles. The lowest BCUT2D eigenvalue weighted by molar-refractivity contribution is -0.116. The number of carbonyl (C=O) groups is 1. The number of anilines is 1. The lowest BCUT2D eigenvalue weighted by Crippen LogP contribution is -2.29. The van der Waals surface area contributed by atoms with Gasteiger partial charge < -0.3 is 10.1 Å². The number of hydrogen-bond acceptors (Lipinski definition) is 6. The lowest BCUT2D eigenvalue weighted by Gasteiger charge is -2.07. The maximum absolute atomic E-state index is 12.3. The Kier molecular flexibility index (Phi) is 4.54. The van der Waals surface area contributed by atoms with Crippen LogP contribution in [0, 0.1) is 20.8 Å². The maximum Gasteiger partial charge on any atom is 0.256 e. The van der Waals surface area contributed by atoms with Gasteiger partial charge in [0.05, 0.1) is 18.1 Å². The van der Waals surface area contributed by atoms with Crippen LogP contribution in [0.1, 0.15) is 16.8 Å². The SMILES string of the molecule is COc1ccc(C)c2sc(NC(=O)Cn3cnc(C)c(C)c3=O)nc12. The van der Waals surface area contributed by atoms with E-state index in [0.29, 0.717) is 27.7 Å². The molecule has 3 rings (SSSR count). The number of carbonyl (C=O) groups excluding carboxylic acids is 1. The van der Waals surface area contributed by atoms with Crippen molar-refractivity contribution in [2.75, 3.05) is 12.4 Å². The van der Waals surface area contributed by atoms with Gasteiger partial charge in [-0.05, 0) is 32.4 Å². The van der Waals surface area contributed by atoms with Gasteiger partial charge in [-0.1, -0.05) is 17.4 Å². The Hall–Kier alpha value is -2.74. The van der Waals surface area contributed by atoms with Gasteiger partial charge in [0.2, 0.25) is 5.91 Å².